The molecule has 1 aromatic carbocycles. The molecular formula is C11H11ClN2O. The highest BCUT2D eigenvalue weighted by molar-refractivity contribution is 6.28. The lowest BCUT2D eigenvalue weighted by atomic mass is 10.0. The summed E-state index contributed by atoms with van der Waals surface area (Å²) in [6.07, 6.45) is 0.632. The van der Waals surface area contributed by atoms with Crippen LogP contribution in [0.1, 0.15) is 22.6 Å². The number of rotatable bonds is 2. The number of hydrogen-bond donors (Lipinski definition) is 0. The van der Waals surface area contributed by atoms with Crippen LogP contribution < -0.4 is 0 Å². The van der Waals surface area contributed by atoms with Crippen molar-refractivity contribution >= 4 is 11.6 Å². The lowest BCUT2D eigenvalue weighted by Crippen LogP contribution is -1.92. The standard InChI is InChI=1S/C11H11ClN2O/c1-7-3-4-8(2)9(5-7)6-10-13-11(12)14-15-10/h3-5H,6H2,1-2H3. The molecule has 78 valence electrons. The van der Waals surface area contributed by atoms with Gasteiger partial charge >= 0.3 is 0 Å². The normalized spacial score (nSPS) is 10.6. The Bertz CT molecular complexity index is 479. The quantitative estimate of drug-likeness (QED) is 0.784. The lowest BCUT2D eigenvalue weighted by Gasteiger charge is -2.03. The van der Waals surface area contributed by atoms with Gasteiger partial charge in [0.25, 0.3) is 5.28 Å². The fourth-order valence-corrected chi connectivity index (χ4v) is 1.59. The van der Waals surface area contributed by atoms with E-state index >= 15 is 0 Å². The molecule has 15 heavy (non-hydrogen) atoms. The van der Waals surface area contributed by atoms with E-state index < -0.39 is 0 Å². The molecule has 0 amide bonds. The molecule has 0 saturated heterocycles. The van der Waals surface area contributed by atoms with Gasteiger partial charge in [0, 0.05) is 0 Å². The third-order valence-corrected chi connectivity index (χ3v) is 2.44. The van der Waals surface area contributed by atoms with Gasteiger partial charge in [-0.15, -0.1) is 0 Å². The van der Waals surface area contributed by atoms with Gasteiger partial charge in [-0.3, -0.25) is 0 Å². The van der Waals surface area contributed by atoms with E-state index in [4.69, 9.17) is 16.1 Å². The van der Waals surface area contributed by atoms with Gasteiger partial charge in [-0.2, -0.15) is 4.98 Å². The summed E-state index contributed by atoms with van der Waals surface area (Å²) in [5.74, 6) is 0.550. The highest BCUT2D eigenvalue weighted by Gasteiger charge is 2.07. The van der Waals surface area contributed by atoms with Crippen LogP contribution in [0.3, 0.4) is 0 Å². The van der Waals surface area contributed by atoms with Gasteiger partial charge in [0.05, 0.1) is 6.42 Å². The van der Waals surface area contributed by atoms with Gasteiger partial charge in [-0.1, -0.05) is 23.8 Å². The molecule has 0 bridgehead atoms. The van der Waals surface area contributed by atoms with Crippen LogP contribution in [0.15, 0.2) is 22.7 Å². The van der Waals surface area contributed by atoms with Crippen molar-refractivity contribution in [1.82, 2.24) is 10.1 Å². The molecule has 0 aliphatic heterocycles. The summed E-state index contributed by atoms with van der Waals surface area (Å²) < 4.78 is 4.97. The second-order valence-corrected chi connectivity index (χ2v) is 3.90. The number of hydrogen-bond acceptors (Lipinski definition) is 3. The predicted molar refractivity (Wildman–Crippen MR) is 58.0 cm³/mol. The fraction of sp³-hybridized carbons (Fsp3) is 0.273. The molecule has 0 radical (unpaired) electrons. The molecule has 0 spiro atoms. The van der Waals surface area contributed by atoms with Crippen LogP contribution in [0.4, 0.5) is 0 Å². The Labute approximate surface area is 93.1 Å². The van der Waals surface area contributed by atoms with Crippen molar-refractivity contribution in [3.63, 3.8) is 0 Å². The van der Waals surface area contributed by atoms with Crippen molar-refractivity contribution in [3.05, 3.63) is 46.1 Å². The molecule has 0 atom stereocenters. The third-order valence-electron chi connectivity index (χ3n) is 2.29. The summed E-state index contributed by atoms with van der Waals surface area (Å²) in [6, 6.07) is 6.29. The first-order chi connectivity index (χ1) is 7.15. The highest BCUT2D eigenvalue weighted by Crippen LogP contribution is 2.15. The van der Waals surface area contributed by atoms with E-state index in [1.54, 1.807) is 0 Å². The summed E-state index contributed by atoms with van der Waals surface area (Å²) in [7, 11) is 0. The van der Waals surface area contributed by atoms with E-state index in [0.717, 1.165) is 0 Å². The largest absolute Gasteiger partial charge is 0.338 e. The molecule has 0 aliphatic rings. The van der Waals surface area contributed by atoms with Gasteiger partial charge in [0.1, 0.15) is 0 Å². The molecule has 1 heterocycles. The molecule has 1 aromatic heterocycles. The minimum Gasteiger partial charge on any atom is -0.338 e. The predicted octanol–water partition coefficient (Wildman–Crippen LogP) is 2.93. The SMILES string of the molecule is Cc1ccc(C)c(Cc2nc(Cl)no2)c1. The number of aryl methyl sites for hydroxylation is 2. The van der Waals surface area contributed by atoms with Crippen molar-refractivity contribution < 1.29 is 4.52 Å². The maximum Gasteiger partial charge on any atom is 0.263 e. The molecule has 0 fully saturated rings. The summed E-state index contributed by atoms with van der Waals surface area (Å²) in [4.78, 5) is 3.96. The second kappa shape index (κ2) is 4.03. The molecule has 3 nitrogen and oxygen atoms in total. The van der Waals surface area contributed by atoms with E-state index in [0.29, 0.717) is 12.3 Å². The number of halogens is 1. The molecule has 4 heteroatoms. The molecule has 2 rings (SSSR count). The molecule has 0 N–H and O–H groups in total. The van der Waals surface area contributed by atoms with Gasteiger partial charge in [-0.05, 0) is 41.7 Å². The fourth-order valence-electron chi connectivity index (χ4n) is 1.46. The first kappa shape index (κ1) is 10.2. The van der Waals surface area contributed by atoms with Crippen molar-refractivity contribution in [2.45, 2.75) is 20.3 Å². The lowest BCUT2D eigenvalue weighted by molar-refractivity contribution is 0.384. The van der Waals surface area contributed by atoms with Crippen molar-refractivity contribution in [2.24, 2.45) is 0 Å². The first-order valence-corrected chi connectivity index (χ1v) is 5.07. The summed E-state index contributed by atoms with van der Waals surface area (Å²) >= 11 is 5.58. The Hall–Kier alpha value is -1.35. The number of benzene rings is 1. The Morgan fingerprint density at radius 2 is 2.13 bits per heavy atom. The Balaban J connectivity index is 2.27. The molecule has 0 saturated carbocycles. The Morgan fingerprint density at radius 3 is 2.80 bits per heavy atom. The zero-order chi connectivity index (χ0) is 10.8. The summed E-state index contributed by atoms with van der Waals surface area (Å²) in [5.41, 5.74) is 3.63. The maximum atomic E-state index is 5.58. The minimum absolute atomic E-state index is 0.162. The first-order valence-electron chi connectivity index (χ1n) is 4.69. The Kier molecular flexibility index (Phi) is 2.73. The highest BCUT2D eigenvalue weighted by atomic mass is 35.5. The van der Waals surface area contributed by atoms with E-state index in [-0.39, 0.29) is 5.28 Å². The maximum absolute atomic E-state index is 5.58. The van der Waals surface area contributed by atoms with Crippen LogP contribution in [0.2, 0.25) is 5.28 Å². The van der Waals surface area contributed by atoms with Crippen LogP contribution in [0.25, 0.3) is 0 Å². The molecule has 0 unspecified atom stereocenters. The van der Waals surface area contributed by atoms with Crippen molar-refractivity contribution in [3.8, 4) is 0 Å². The van der Waals surface area contributed by atoms with Crippen LogP contribution in [-0.4, -0.2) is 10.1 Å². The van der Waals surface area contributed by atoms with Crippen LogP contribution in [0.5, 0.6) is 0 Å². The molecule has 0 aliphatic carbocycles. The van der Waals surface area contributed by atoms with Crippen LogP contribution >= 0.6 is 11.6 Å². The average Bonchev–Trinajstić information content (AvgIpc) is 2.58. The topological polar surface area (TPSA) is 38.9 Å². The molecule has 2 aromatic rings. The van der Waals surface area contributed by atoms with E-state index in [1.165, 1.54) is 16.7 Å². The smallest absolute Gasteiger partial charge is 0.263 e. The average molecular weight is 223 g/mol. The van der Waals surface area contributed by atoms with E-state index in [2.05, 4.69) is 42.2 Å². The van der Waals surface area contributed by atoms with Gasteiger partial charge in [0.15, 0.2) is 0 Å². The van der Waals surface area contributed by atoms with Crippen LogP contribution in [-0.2, 0) is 6.42 Å². The number of aromatic nitrogens is 2. The minimum atomic E-state index is 0.162. The van der Waals surface area contributed by atoms with Crippen LogP contribution in [0, 0.1) is 13.8 Å². The van der Waals surface area contributed by atoms with E-state index in [9.17, 15) is 0 Å². The van der Waals surface area contributed by atoms with Gasteiger partial charge in [-0.25, -0.2) is 0 Å². The Morgan fingerprint density at radius 1 is 1.33 bits per heavy atom. The zero-order valence-corrected chi connectivity index (χ0v) is 9.38. The summed E-state index contributed by atoms with van der Waals surface area (Å²) in [6.45, 7) is 4.12. The summed E-state index contributed by atoms with van der Waals surface area (Å²) in [5, 5.41) is 3.71. The van der Waals surface area contributed by atoms with Gasteiger partial charge in [0.2, 0.25) is 5.89 Å². The number of nitrogens with zero attached hydrogens (tertiary/aromatic N) is 2. The molecular weight excluding hydrogens is 212 g/mol. The van der Waals surface area contributed by atoms with Crippen molar-refractivity contribution in [1.29, 1.82) is 0 Å². The van der Waals surface area contributed by atoms with Crippen molar-refractivity contribution in [2.75, 3.05) is 0 Å². The monoisotopic (exact) mass is 222 g/mol. The van der Waals surface area contributed by atoms with E-state index in [1.807, 2.05) is 0 Å². The second-order valence-electron chi connectivity index (χ2n) is 3.56. The van der Waals surface area contributed by atoms with Gasteiger partial charge < -0.3 is 4.52 Å². The zero-order valence-electron chi connectivity index (χ0n) is 8.62. The third kappa shape index (κ3) is 2.36.